The third-order valence-electron chi connectivity index (χ3n) is 3.96. The van der Waals surface area contributed by atoms with Crippen LogP contribution in [0.2, 0.25) is 0 Å². The highest BCUT2D eigenvalue weighted by Gasteiger charge is 2.33. The molecular weight excluding hydrogens is 224 g/mol. The fraction of sp³-hybridized carbons (Fsp3) is 0.438. The number of hydrogen-bond donors (Lipinski definition) is 0. The summed E-state index contributed by atoms with van der Waals surface area (Å²) in [6.07, 6.45) is 3.56. The van der Waals surface area contributed by atoms with Crippen LogP contribution in [-0.2, 0) is 9.53 Å². The molecule has 1 heterocycles. The zero-order valence-electron chi connectivity index (χ0n) is 10.7. The zero-order chi connectivity index (χ0) is 12.5. The molecule has 0 fully saturated rings. The van der Waals surface area contributed by atoms with Crippen LogP contribution in [0, 0.1) is 5.92 Å². The van der Waals surface area contributed by atoms with E-state index in [1.165, 1.54) is 0 Å². The van der Waals surface area contributed by atoms with Crippen LogP contribution in [-0.4, -0.2) is 5.78 Å². The second-order valence-electron chi connectivity index (χ2n) is 5.28. The molecule has 0 N–H and O–H groups in total. The van der Waals surface area contributed by atoms with E-state index < -0.39 is 0 Å². The Bertz CT molecular complexity index is 487. The summed E-state index contributed by atoms with van der Waals surface area (Å²) < 4.78 is 6.12. The molecule has 94 valence electrons. The third-order valence-corrected chi connectivity index (χ3v) is 3.96. The normalized spacial score (nSPS) is 27.7. The maximum atomic E-state index is 12.2. The Morgan fingerprint density at radius 2 is 2.00 bits per heavy atom. The van der Waals surface area contributed by atoms with Crippen molar-refractivity contribution < 1.29 is 9.53 Å². The fourth-order valence-electron chi connectivity index (χ4n) is 2.94. The van der Waals surface area contributed by atoms with Crippen molar-refractivity contribution in [1.82, 2.24) is 0 Å². The molecule has 2 heteroatoms. The van der Waals surface area contributed by atoms with Crippen LogP contribution in [0.4, 0.5) is 0 Å². The lowest BCUT2D eigenvalue weighted by molar-refractivity contribution is -0.121. The van der Waals surface area contributed by atoms with Crippen molar-refractivity contribution in [2.75, 3.05) is 0 Å². The Morgan fingerprint density at radius 1 is 1.22 bits per heavy atom. The maximum absolute atomic E-state index is 12.2. The molecule has 1 aliphatic carbocycles. The number of Topliss-reactive ketones (excluding diaryl/α,β-unsaturated/α-hetero) is 1. The number of allylic oxidation sites excluding steroid dienone is 2. The first-order valence-corrected chi connectivity index (χ1v) is 6.73. The Balaban J connectivity index is 1.91. The van der Waals surface area contributed by atoms with E-state index in [1.54, 1.807) is 0 Å². The third kappa shape index (κ3) is 1.96. The molecule has 0 aromatic heterocycles. The lowest BCUT2D eigenvalue weighted by Crippen LogP contribution is -2.26. The number of ketones is 1. The van der Waals surface area contributed by atoms with Gasteiger partial charge >= 0.3 is 0 Å². The molecule has 2 unspecified atom stereocenters. The standard InChI is InChI=1S/C16H18O2/c1-11-6-5-9-13-14(17)10-15(18-16(11)13)12-7-3-2-4-8-12/h2-4,7-8,11,15H,5-6,9-10H2,1H3. The highest BCUT2D eigenvalue weighted by molar-refractivity contribution is 5.97. The predicted molar refractivity (Wildman–Crippen MR) is 69.9 cm³/mol. The smallest absolute Gasteiger partial charge is 0.166 e. The van der Waals surface area contributed by atoms with Gasteiger partial charge in [-0.3, -0.25) is 4.79 Å². The molecule has 0 saturated heterocycles. The highest BCUT2D eigenvalue weighted by atomic mass is 16.5. The lowest BCUT2D eigenvalue weighted by atomic mass is 9.84. The summed E-state index contributed by atoms with van der Waals surface area (Å²) in [5.41, 5.74) is 2.07. The second-order valence-corrected chi connectivity index (χ2v) is 5.28. The number of hydrogen-bond acceptors (Lipinski definition) is 2. The first kappa shape index (κ1) is 11.5. The van der Waals surface area contributed by atoms with Gasteiger partial charge in [-0.2, -0.15) is 0 Å². The fourth-order valence-corrected chi connectivity index (χ4v) is 2.94. The van der Waals surface area contributed by atoms with E-state index in [0.29, 0.717) is 12.3 Å². The molecule has 18 heavy (non-hydrogen) atoms. The van der Waals surface area contributed by atoms with Crippen molar-refractivity contribution >= 4 is 5.78 Å². The Kier molecular flexibility index (Phi) is 2.94. The maximum Gasteiger partial charge on any atom is 0.166 e. The van der Waals surface area contributed by atoms with E-state index in [-0.39, 0.29) is 11.9 Å². The van der Waals surface area contributed by atoms with Gasteiger partial charge in [-0.1, -0.05) is 37.3 Å². The van der Waals surface area contributed by atoms with Gasteiger partial charge in [0.05, 0.1) is 6.42 Å². The van der Waals surface area contributed by atoms with Crippen LogP contribution in [0.25, 0.3) is 0 Å². The van der Waals surface area contributed by atoms with Crippen LogP contribution in [0.1, 0.15) is 44.3 Å². The molecule has 2 nitrogen and oxygen atoms in total. The molecule has 3 rings (SSSR count). The van der Waals surface area contributed by atoms with Crippen molar-refractivity contribution in [3.8, 4) is 0 Å². The van der Waals surface area contributed by atoms with E-state index in [4.69, 9.17) is 4.74 Å². The molecule has 0 amide bonds. The van der Waals surface area contributed by atoms with Gasteiger partial charge in [0.15, 0.2) is 5.78 Å². The van der Waals surface area contributed by atoms with Gasteiger partial charge in [-0.05, 0) is 24.8 Å². The van der Waals surface area contributed by atoms with E-state index >= 15 is 0 Å². The Labute approximate surface area is 108 Å². The molecular formula is C16H18O2. The minimum absolute atomic E-state index is 0.0852. The van der Waals surface area contributed by atoms with Crippen LogP contribution >= 0.6 is 0 Å². The van der Waals surface area contributed by atoms with Gasteiger partial charge in [0.2, 0.25) is 0 Å². The van der Waals surface area contributed by atoms with Crippen molar-refractivity contribution in [1.29, 1.82) is 0 Å². The van der Waals surface area contributed by atoms with Gasteiger partial charge in [0.25, 0.3) is 0 Å². The summed E-state index contributed by atoms with van der Waals surface area (Å²) in [6.45, 7) is 2.16. The van der Waals surface area contributed by atoms with E-state index in [0.717, 1.165) is 36.2 Å². The molecule has 1 aromatic carbocycles. The largest absolute Gasteiger partial charge is 0.489 e. The average molecular weight is 242 g/mol. The molecule has 0 radical (unpaired) electrons. The monoisotopic (exact) mass is 242 g/mol. The van der Waals surface area contributed by atoms with Gasteiger partial charge < -0.3 is 4.74 Å². The summed E-state index contributed by atoms with van der Waals surface area (Å²) in [5, 5.41) is 0. The first-order valence-electron chi connectivity index (χ1n) is 6.73. The zero-order valence-corrected chi connectivity index (χ0v) is 10.7. The van der Waals surface area contributed by atoms with Crippen LogP contribution in [0.5, 0.6) is 0 Å². The number of carbonyl (C=O) groups is 1. The molecule has 0 spiro atoms. The number of rotatable bonds is 1. The van der Waals surface area contributed by atoms with Crippen LogP contribution in [0.3, 0.4) is 0 Å². The highest BCUT2D eigenvalue weighted by Crippen LogP contribution is 2.40. The summed E-state index contributed by atoms with van der Waals surface area (Å²) >= 11 is 0. The van der Waals surface area contributed by atoms with Gasteiger partial charge in [0, 0.05) is 11.5 Å². The van der Waals surface area contributed by atoms with E-state index in [1.807, 2.05) is 30.3 Å². The second kappa shape index (κ2) is 4.60. The molecule has 0 saturated carbocycles. The number of ether oxygens (including phenoxy) is 1. The molecule has 1 aliphatic heterocycles. The minimum atomic E-state index is -0.0852. The molecule has 2 atom stereocenters. The minimum Gasteiger partial charge on any atom is -0.489 e. The summed E-state index contributed by atoms with van der Waals surface area (Å²) in [6, 6.07) is 10.1. The topological polar surface area (TPSA) is 26.3 Å². The quantitative estimate of drug-likeness (QED) is 0.749. The van der Waals surface area contributed by atoms with E-state index in [2.05, 4.69) is 6.92 Å². The SMILES string of the molecule is CC1CCCC2=C1OC(c1ccccc1)CC2=O. The van der Waals surface area contributed by atoms with Gasteiger partial charge in [-0.25, -0.2) is 0 Å². The molecule has 2 aliphatic rings. The first-order chi connectivity index (χ1) is 8.75. The van der Waals surface area contributed by atoms with Crippen LogP contribution in [0.15, 0.2) is 41.7 Å². The van der Waals surface area contributed by atoms with E-state index in [9.17, 15) is 4.79 Å². The van der Waals surface area contributed by atoms with Crippen molar-refractivity contribution in [2.45, 2.75) is 38.7 Å². The van der Waals surface area contributed by atoms with Crippen molar-refractivity contribution in [2.24, 2.45) is 5.92 Å². The number of benzene rings is 1. The Hall–Kier alpha value is -1.57. The average Bonchev–Trinajstić information content (AvgIpc) is 2.41. The number of carbonyl (C=O) groups excluding carboxylic acids is 1. The van der Waals surface area contributed by atoms with Gasteiger partial charge in [-0.15, -0.1) is 0 Å². The van der Waals surface area contributed by atoms with Crippen molar-refractivity contribution in [3.05, 3.63) is 47.2 Å². The molecule has 1 aromatic rings. The Morgan fingerprint density at radius 3 is 2.78 bits per heavy atom. The summed E-state index contributed by atoms with van der Waals surface area (Å²) in [5.74, 6) is 1.65. The summed E-state index contributed by atoms with van der Waals surface area (Å²) in [4.78, 5) is 12.2. The predicted octanol–water partition coefficient (Wildman–Crippen LogP) is 3.79. The van der Waals surface area contributed by atoms with Crippen LogP contribution < -0.4 is 0 Å². The van der Waals surface area contributed by atoms with Crippen molar-refractivity contribution in [3.63, 3.8) is 0 Å². The lowest BCUT2D eigenvalue weighted by Gasteiger charge is -2.33. The summed E-state index contributed by atoms with van der Waals surface area (Å²) in [7, 11) is 0. The molecule has 0 bridgehead atoms. The van der Waals surface area contributed by atoms with Gasteiger partial charge in [0.1, 0.15) is 11.9 Å².